The van der Waals surface area contributed by atoms with Crippen molar-refractivity contribution >= 4 is 43.4 Å². The van der Waals surface area contributed by atoms with Gasteiger partial charge in [0.15, 0.2) is 23.1 Å². The van der Waals surface area contributed by atoms with Gasteiger partial charge in [0.25, 0.3) is 0 Å². The van der Waals surface area contributed by atoms with Gasteiger partial charge in [-0.3, -0.25) is 9.59 Å². The summed E-state index contributed by atoms with van der Waals surface area (Å²) in [6.07, 6.45) is 4.34. The zero-order valence-corrected chi connectivity index (χ0v) is 27.2. The summed E-state index contributed by atoms with van der Waals surface area (Å²) < 4.78 is 19.7. The third-order valence-electron chi connectivity index (χ3n) is 8.07. The van der Waals surface area contributed by atoms with E-state index in [0.717, 1.165) is 73.9 Å². The molecule has 0 saturated heterocycles. The van der Waals surface area contributed by atoms with Gasteiger partial charge >= 0.3 is 0 Å². The highest BCUT2D eigenvalue weighted by Gasteiger charge is 2.40. The van der Waals surface area contributed by atoms with Crippen molar-refractivity contribution in [2.75, 3.05) is 6.61 Å². The number of rotatable bonds is 9. The summed E-state index contributed by atoms with van der Waals surface area (Å²) in [5.41, 5.74) is 6.35. The topological polar surface area (TPSA) is 73.9 Å². The lowest BCUT2D eigenvalue weighted by molar-refractivity contribution is -0.117. The summed E-state index contributed by atoms with van der Waals surface area (Å²) in [5.74, 6) is 1.87. The first-order valence-corrected chi connectivity index (χ1v) is 16.3. The molecule has 1 aliphatic heterocycles. The Balaban J connectivity index is 1.24. The fourth-order valence-electron chi connectivity index (χ4n) is 6.12. The maximum atomic E-state index is 13.2. The smallest absolute Gasteiger partial charge is 0.161 e. The van der Waals surface area contributed by atoms with Gasteiger partial charge < -0.3 is 19.5 Å². The molecule has 0 radical (unpaired) electrons. The van der Waals surface area contributed by atoms with Gasteiger partial charge in [0.1, 0.15) is 19.0 Å². The van der Waals surface area contributed by atoms with Crippen LogP contribution < -0.4 is 19.5 Å². The number of nitrogens with one attached hydrogen (secondary N) is 1. The van der Waals surface area contributed by atoms with Crippen LogP contribution in [0.3, 0.4) is 0 Å². The van der Waals surface area contributed by atoms with Crippen LogP contribution in [0, 0.1) is 0 Å². The lowest BCUT2D eigenvalue weighted by Crippen LogP contribution is -2.36. The molecule has 0 saturated carbocycles. The number of carbonyl (C=O) groups excluding carboxylic acids is 2. The summed E-state index contributed by atoms with van der Waals surface area (Å²) in [6, 6.07) is 19.8. The Hall–Kier alpha value is -3.36. The number of ether oxygens (including phenoxy) is 3. The third-order valence-corrected chi connectivity index (χ3v) is 9.25. The van der Waals surface area contributed by atoms with Crippen LogP contribution in [0.1, 0.15) is 68.1 Å². The Labute approximate surface area is 268 Å². The zero-order chi connectivity index (χ0) is 29.9. The van der Waals surface area contributed by atoms with Crippen molar-refractivity contribution < 1.29 is 23.8 Å². The Morgan fingerprint density at radius 2 is 1.35 bits per heavy atom. The molecule has 2 aliphatic carbocycles. The monoisotopic (exact) mass is 705 g/mol. The molecule has 0 fully saturated rings. The Bertz CT molecular complexity index is 1560. The Morgan fingerprint density at radius 1 is 0.721 bits per heavy atom. The van der Waals surface area contributed by atoms with Crippen molar-refractivity contribution in [1.29, 1.82) is 0 Å². The maximum Gasteiger partial charge on any atom is 0.161 e. The predicted octanol–water partition coefficient (Wildman–Crippen LogP) is 8.47. The summed E-state index contributed by atoms with van der Waals surface area (Å²) in [5, 5.41) is 3.48. The predicted molar refractivity (Wildman–Crippen MR) is 172 cm³/mol. The molecule has 8 heteroatoms. The van der Waals surface area contributed by atoms with Gasteiger partial charge in [0.05, 0.1) is 15.6 Å². The van der Waals surface area contributed by atoms with Gasteiger partial charge in [-0.25, -0.2) is 0 Å². The minimum absolute atomic E-state index is 0.123. The first-order chi connectivity index (χ1) is 20.9. The molecule has 3 aliphatic rings. The van der Waals surface area contributed by atoms with E-state index in [1.54, 1.807) is 0 Å². The summed E-state index contributed by atoms with van der Waals surface area (Å²) in [4.78, 5) is 26.4. The molecule has 0 aromatic heterocycles. The molecule has 1 N–H and O–H groups in total. The minimum atomic E-state index is -0.370. The Morgan fingerprint density at radius 3 is 1.98 bits per heavy atom. The molecule has 3 aromatic carbocycles. The van der Waals surface area contributed by atoms with Crippen LogP contribution >= 0.6 is 31.9 Å². The third kappa shape index (κ3) is 6.31. The van der Waals surface area contributed by atoms with Gasteiger partial charge in [-0.2, -0.15) is 0 Å². The molecule has 0 unspecified atom stereocenters. The molecular formula is C35H33Br2NO5. The molecular weight excluding hydrogens is 674 g/mol. The van der Waals surface area contributed by atoms with Gasteiger partial charge in [0.2, 0.25) is 0 Å². The SMILES string of the molecule is CCOc1cc(COc2c(Br)cc(C3C4=C(CCCC4=O)NC4=C3C(=O)CCC4)cc2Br)ccc1OCc1ccccc1. The van der Waals surface area contributed by atoms with Crippen LogP contribution in [0.25, 0.3) is 0 Å². The number of allylic oxidation sites excluding steroid dienone is 4. The molecule has 222 valence electrons. The van der Waals surface area contributed by atoms with Gasteiger partial charge in [-0.15, -0.1) is 0 Å². The van der Waals surface area contributed by atoms with Crippen LogP contribution in [0.15, 0.2) is 92.1 Å². The molecule has 0 spiro atoms. The number of halogens is 2. The number of dihydropyridines is 1. The number of carbonyl (C=O) groups is 2. The van der Waals surface area contributed by atoms with Crippen molar-refractivity contribution in [2.45, 2.75) is 64.6 Å². The zero-order valence-electron chi connectivity index (χ0n) is 24.0. The molecule has 0 amide bonds. The second-order valence-corrected chi connectivity index (χ2v) is 12.7. The van der Waals surface area contributed by atoms with Gasteiger partial charge in [0, 0.05) is 41.3 Å². The first kappa shape index (κ1) is 29.7. The lowest BCUT2D eigenvalue weighted by atomic mass is 9.71. The highest BCUT2D eigenvalue weighted by molar-refractivity contribution is 9.11. The molecule has 0 atom stereocenters. The normalized spacial score (nSPS) is 16.9. The van der Waals surface area contributed by atoms with E-state index in [0.29, 0.717) is 49.9 Å². The summed E-state index contributed by atoms with van der Waals surface area (Å²) in [7, 11) is 0. The average Bonchev–Trinajstić information content (AvgIpc) is 3.00. The van der Waals surface area contributed by atoms with Gasteiger partial charge in [-0.1, -0.05) is 36.4 Å². The van der Waals surface area contributed by atoms with Crippen molar-refractivity contribution in [3.63, 3.8) is 0 Å². The summed E-state index contributed by atoms with van der Waals surface area (Å²) in [6.45, 7) is 3.23. The van der Waals surface area contributed by atoms with Crippen molar-refractivity contribution in [3.05, 3.63) is 109 Å². The van der Waals surface area contributed by atoms with Crippen LogP contribution in [0.2, 0.25) is 0 Å². The second kappa shape index (κ2) is 13.1. The number of hydrogen-bond acceptors (Lipinski definition) is 6. The number of benzene rings is 3. The van der Waals surface area contributed by atoms with Crippen LogP contribution in [0.4, 0.5) is 0 Å². The van der Waals surface area contributed by atoms with E-state index in [2.05, 4.69) is 37.2 Å². The average molecular weight is 707 g/mol. The highest BCUT2D eigenvalue weighted by atomic mass is 79.9. The number of hydrogen-bond donors (Lipinski definition) is 1. The quantitative estimate of drug-likeness (QED) is 0.241. The van der Waals surface area contributed by atoms with E-state index in [4.69, 9.17) is 14.2 Å². The fourth-order valence-corrected chi connectivity index (χ4v) is 7.57. The molecule has 1 heterocycles. The van der Waals surface area contributed by atoms with Crippen LogP contribution in [-0.4, -0.2) is 18.2 Å². The highest BCUT2D eigenvalue weighted by Crippen LogP contribution is 2.48. The van der Waals surface area contributed by atoms with E-state index in [-0.39, 0.29) is 17.5 Å². The number of ketones is 2. The van der Waals surface area contributed by atoms with E-state index in [9.17, 15) is 9.59 Å². The molecule has 43 heavy (non-hydrogen) atoms. The fraction of sp³-hybridized carbons (Fsp3) is 0.314. The standard InChI is InChI=1S/C35H33Br2NO5/c1-2-41-31-16-22(14-15-30(31)42-19-21-8-4-3-5-9-21)20-43-35-24(36)17-23(18-25(35)37)32-33-26(10-6-12-28(33)39)38-27-11-7-13-29(40)34(27)32/h3-5,8-9,14-18,32,38H,2,6-7,10-13,19-20H2,1H3. The van der Waals surface area contributed by atoms with Crippen molar-refractivity contribution in [3.8, 4) is 17.2 Å². The van der Waals surface area contributed by atoms with Crippen LogP contribution in [-0.2, 0) is 22.8 Å². The number of Topliss-reactive ketones (excluding diaryl/α,β-unsaturated/α-hetero) is 2. The second-order valence-electron chi connectivity index (χ2n) is 11.0. The molecule has 0 bridgehead atoms. The van der Waals surface area contributed by atoms with E-state index < -0.39 is 0 Å². The van der Waals surface area contributed by atoms with Crippen molar-refractivity contribution in [2.24, 2.45) is 0 Å². The van der Waals surface area contributed by atoms with Gasteiger partial charge in [-0.05, 0) is 105 Å². The Kier molecular flexibility index (Phi) is 9.05. The van der Waals surface area contributed by atoms with Crippen molar-refractivity contribution in [1.82, 2.24) is 5.32 Å². The molecule has 6 rings (SSSR count). The first-order valence-electron chi connectivity index (χ1n) is 14.8. The lowest BCUT2D eigenvalue weighted by Gasteiger charge is -2.37. The van der Waals surface area contributed by atoms with E-state index in [1.165, 1.54) is 0 Å². The molecule has 3 aromatic rings. The largest absolute Gasteiger partial charge is 0.490 e. The minimum Gasteiger partial charge on any atom is -0.490 e. The summed E-state index contributed by atoms with van der Waals surface area (Å²) >= 11 is 7.44. The maximum absolute atomic E-state index is 13.2. The van der Waals surface area contributed by atoms with E-state index in [1.807, 2.05) is 67.6 Å². The molecule has 6 nitrogen and oxygen atoms in total. The van der Waals surface area contributed by atoms with Crippen LogP contribution in [0.5, 0.6) is 17.2 Å². The van der Waals surface area contributed by atoms with E-state index >= 15 is 0 Å².